The molecule has 0 N–H and O–H groups in total. The third-order valence-electron chi connectivity index (χ3n) is 3.00. The molecule has 0 saturated heterocycles. The molecule has 20 heavy (non-hydrogen) atoms. The fraction of sp³-hybridized carbons (Fsp3) is 0.400. The highest BCUT2D eigenvalue weighted by molar-refractivity contribution is 5.42. The predicted molar refractivity (Wildman–Crippen MR) is 76.0 cm³/mol. The molecule has 1 aromatic heterocycles. The van der Waals surface area contributed by atoms with Crippen LogP contribution in [0.5, 0.6) is 11.5 Å². The van der Waals surface area contributed by atoms with E-state index in [4.69, 9.17) is 14.0 Å². The standard InChI is InChI=1S/C15H20N2O3/c1-11-7-13(20-16-11)10-17(2)9-12-5-6-14(18-3)15(8-12)19-4/h5-8H,9-10H2,1-4H3. The van der Waals surface area contributed by atoms with Gasteiger partial charge in [0.25, 0.3) is 0 Å². The lowest BCUT2D eigenvalue weighted by atomic mass is 10.2. The average molecular weight is 276 g/mol. The molecule has 2 rings (SSSR count). The van der Waals surface area contributed by atoms with Gasteiger partial charge >= 0.3 is 0 Å². The van der Waals surface area contributed by atoms with Crippen LogP contribution in [-0.2, 0) is 13.1 Å². The molecule has 5 nitrogen and oxygen atoms in total. The lowest BCUT2D eigenvalue weighted by Gasteiger charge is -2.16. The highest BCUT2D eigenvalue weighted by Crippen LogP contribution is 2.28. The van der Waals surface area contributed by atoms with Gasteiger partial charge in [-0.25, -0.2) is 0 Å². The molecule has 0 aliphatic rings. The largest absolute Gasteiger partial charge is 0.493 e. The van der Waals surface area contributed by atoms with Crippen molar-refractivity contribution in [1.82, 2.24) is 10.1 Å². The number of hydrogen-bond donors (Lipinski definition) is 0. The molecule has 0 saturated carbocycles. The van der Waals surface area contributed by atoms with Crippen LogP contribution in [0.15, 0.2) is 28.8 Å². The third-order valence-corrected chi connectivity index (χ3v) is 3.00. The number of hydrogen-bond acceptors (Lipinski definition) is 5. The third kappa shape index (κ3) is 3.51. The van der Waals surface area contributed by atoms with E-state index in [0.717, 1.165) is 41.6 Å². The Morgan fingerprint density at radius 1 is 1.10 bits per heavy atom. The van der Waals surface area contributed by atoms with Crippen LogP contribution in [0.1, 0.15) is 17.0 Å². The Kier molecular flexibility index (Phi) is 4.63. The second-order valence-electron chi connectivity index (χ2n) is 4.80. The molecular formula is C15H20N2O3. The molecule has 2 aromatic rings. The molecule has 108 valence electrons. The van der Waals surface area contributed by atoms with Crippen molar-refractivity contribution in [2.24, 2.45) is 0 Å². The van der Waals surface area contributed by atoms with Gasteiger partial charge in [-0.2, -0.15) is 0 Å². The molecule has 0 fully saturated rings. The van der Waals surface area contributed by atoms with Crippen LogP contribution in [0.3, 0.4) is 0 Å². The summed E-state index contributed by atoms with van der Waals surface area (Å²) in [6.45, 7) is 3.43. The quantitative estimate of drug-likeness (QED) is 0.811. The zero-order valence-electron chi connectivity index (χ0n) is 12.3. The van der Waals surface area contributed by atoms with Crippen molar-refractivity contribution >= 4 is 0 Å². The minimum absolute atomic E-state index is 0.717. The van der Waals surface area contributed by atoms with Gasteiger partial charge in [0.05, 0.1) is 26.5 Å². The highest BCUT2D eigenvalue weighted by Gasteiger charge is 2.09. The van der Waals surface area contributed by atoms with E-state index in [0.29, 0.717) is 0 Å². The van der Waals surface area contributed by atoms with Crippen molar-refractivity contribution in [3.8, 4) is 11.5 Å². The van der Waals surface area contributed by atoms with E-state index in [-0.39, 0.29) is 0 Å². The number of aromatic nitrogens is 1. The van der Waals surface area contributed by atoms with Gasteiger partial charge in [0.2, 0.25) is 0 Å². The van der Waals surface area contributed by atoms with Gasteiger partial charge < -0.3 is 14.0 Å². The number of rotatable bonds is 6. The number of benzene rings is 1. The maximum Gasteiger partial charge on any atom is 0.161 e. The fourth-order valence-corrected chi connectivity index (χ4v) is 2.10. The van der Waals surface area contributed by atoms with Gasteiger partial charge in [0, 0.05) is 12.6 Å². The number of methoxy groups -OCH3 is 2. The first-order valence-corrected chi connectivity index (χ1v) is 6.44. The Morgan fingerprint density at radius 3 is 2.45 bits per heavy atom. The zero-order chi connectivity index (χ0) is 14.5. The van der Waals surface area contributed by atoms with Gasteiger partial charge in [0.1, 0.15) is 0 Å². The SMILES string of the molecule is COc1ccc(CN(C)Cc2cc(C)no2)cc1OC. The van der Waals surface area contributed by atoms with Crippen LogP contribution in [0.25, 0.3) is 0 Å². The normalized spacial score (nSPS) is 10.8. The van der Waals surface area contributed by atoms with Gasteiger partial charge in [-0.15, -0.1) is 0 Å². The molecular weight excluding hydrogens is 256 g/mol. The lowest BCUT2D eigenvalue weighted by molar-refractivity contribution is 0.265. The number of aryl methyl sites for hydroxylation is 1. The van der Waals surface area contributed by atoms with E-state index >= 15 is 0 Å². The number of nitrogens with zero attached hydrogens (tertiary/aromatic N) is 2. The summed E-state index contributed by atoms with van der Waals surface area (Å²) in [6, 6.07) is 7.89. The van der Waals surface area contributed by atoms with Crippen molar-refractivity contribution in [2.45, 2.75) is 20.0 Å². The van der Waals surface area contributed by atoms with E-state index in [1.807, 2.05) is 38.2 Å². The Labute approximate surface area is 119 Å². The molecule has 0 aliphatic heterocycles. The molecule has 0 bridgehead atoms. The van der Waals surface area contributed by atoms with Crippen LogP contribution in [-0.4, -0.2) is 31.3 Å². The molecule has 0 amide bonds. The van der Waals surface area contributed by atoms with E-state index in [1.165, 1.54) is 0 Å². The monoisotopic (exact) mass is 276 g/mol. The van der Waals surface area contributed by atoms with Crippen LogP contribution in [0.4, 0.5) is 0 Å². The van der Waals surface area contributed by atoms with Crippen LogP contribution >= 0.6 is 0 Å². The molecule has 0 aliphatic carbocycles. The Balaban J connectivity index is 2.02. The molecule has 0 spiro atoms. The summed E-state index contributed by atoms with van der Waals surface area (Å²) in [5, 5.41) is 3.89. The fourth-order valence-electron chi connectivity index (χ4n) is 2.10. The van der Waals surface area contributed by atoms with Crippen molar-refractivity contribution in [3.63, 3.8) is 0 Å². The summed E-state index contributed by atoms with van der Waals surface area (Å²) in [5.41, 5.74) is 2.06. The molecule has 5 heteroatoms. The van der Waals surface area contributed by atoms with Crippen molar-refractivity contribution in [2.75, 3.05) is 21.3 Å². The predicted octanol–water partition coefficient (Wildman–Crippen LogP) is 2.63. The summed E-state index contributed by atoms with van der Waals surface area (Å²) in [7, 11) is 5.31. The maximum atomic E-state index is 5.31. The van der Waals surface area contributed by atoms with Crippen LogP contribution < -0.4 is 9.47 Å². The summed E-state index contributed by atoms with van der Waals surface area (Å²) in [6.07, 6.45) is 0. The summed E-state index contributed by atoms with van der Waals surface area (Å²) in [5.74, 6) is 2.35. The van der Waals surface area contributed by atoms with Crippen LogP contribution in [0, 0.1) is 6.92 Å². The van der Waals surface area contributed by atoms with E-state index in [1.54, 1.807) is 14.2 Å². The average Bonchev–Trinajstić information content (AvgIpc) is 2.83. The van der Waals surface area contributed by atoms with Gasteiger partial charge in [-0.3, -0.25) is 4.90 Å². The first kappa shape index (κ1) is 14.4. The molecule has 0 radical (unpaired) electrons. The smallest absolute Gasteiger partial charge is 0.161 e. The number of ether oxygens (including phenoxy) is 2. The summed E-state index contributed by atoms with van der Waals surface area (Å²) >= 11 is 0. The Morgan fingerprint density at radius 2 is 1.85 bits per heavy atom. The molecule has 1 heterocycles. The van der Waals surface area contributed by atoms with E-state index < -0.39 is 0 Å². The topological polar surface area (TPSA) is 47.7 Å². The maximum absolute atomic E-state index is 5.31. The molecule has 0 atom stereocenters. The first-order chi connectivity index (χ1) is 9.62. The molecule has 1 aromatic carbocycles. The molecule has 0 unspecified atom stereocenters. The van der Waals surface area contributed by atoms with Gasteiger partial charge in [0.15, 0.2) is 17.3 Å². The first-order valence-electron chi connectivity index (χ1n) is 6.44. The van der Waals surface area contributed by atoms with Crippen LogP contribution in [0.2, 0.25) is 0 Å². The highest BCUT2D eigenvalue weighted by atomic mass is 16.5. The van der Waals surface area contributed by atoms with E-state index in [2.05, 4.69) is 10.1 Å². The Hall–Kier alpha value is -2.01. The minimum atomic E-state index is 0.717. The van der Waals surface area contributed by atoms with Gasteiger partial charge in [-0.1, -0.05) is 11.2 Å². The zero-order valence-corrected chi connectivity index (χ0v) is 12.3. The second-order valence-corrected chi connectivity index (χ2v) is 4.80. The summed E-state index contributed by atoms with van der Waals surface area (Å²) in [4.78, 5) is 2.15. The minimum Gasteiger partial charge on any atom is -0.493 e. The van der Waals surface area contributed by atoms with Crippen molar-refractivity contribution in [3.05, 3.63) is 41.3 Å². The van der Waals surface area contributed by atoms with Crippen molar-refractivity contribution < 1.29 is 14.0 Å². The lowest BCUT2D eigenvalue weighted by Crippen LogP contribution is -2.16. The summed E-state index contributed by atoms with van der Waals surface area (Å²) < 4.78 is 15.8. The second kappa shape index (κ2) is 6.43. The Bertz CT molecular complexity index is 566. The van der Waals surface area contributed by atoms with Gasteiger partial charge in [-0.05, 0) is 31.7 Å². The van der Waals surface area contributed by atoms with Crippen molar-refractivity contribution in [1.29, 1.82) is 0 Å². The van der Waals surface area contributed by atoms with E-state index in [9.17, 15) is 0 Å².